The molecule has 0 radical (unpaired) electrons. The van der Waals surface area contributed by atoms with Crippen LogP contribution < -0.4 is 20.2 Å². The Morgan fingerprint density at radius 2 is 2.18 bits per heavy atom. The number of hydrogen-bond donors (Lipinski definition) is 1. The molecule has 4 rings (SSSR count). The van der Waals surface area contributed by atoms with Crippen LogP contribution in [-0.4, -0.2) is 28.4 Å². The number of anilines is 1. The van der Waals surface area contributed by atoms with E-state index in [-0.39, 0.29) is 24.0 Å². The number of carbonyl (C=O) groups is 1. The van der Waals surface area contributed by atoms with Crippen LogP contribution >= 0.6 is 0 Å². The summed E-state index contributed by atoms with van der Waals surface area (Å²) in [6.45, 7) is 4.37. The molecule has 2 heterocycles. The summed E-state index contributed by atoms with van der Waals surface area (Å²) >= 11 is 0. The molecule has 2 aromatic carbocycles. The first-order valence-electron chi connectivity index (χ1n) is 9.26. The van der Waals surface area contributed by atoms with Gasteiger partial charge in [0.25, 0.3) is 0 Å². The molecule has 144 valence electrons. The fraction of sp³-hybridized carbons (Fsp3) is 0.286. The molecule has 0 bridgehead atoms. The minimum absolute atomic E-state index is 0.0271. The van der Waals surface area contributed by atoms with E-state index in [4.69, 9.17) is 9.47 Å². The average molecular weight is 379 g/mol. The number of ether oxygens (including phenoxy) is 2. The molecule has 0 fully saturated rings. The molecule has 7 heteroatoms. The van der Waals surface area contributed by atoms with Gasteiger partial charge in [-0.15, -0.1) is 0 Å². The molecule has 1 unspecified atom stereocenters. The van der Waals surface area contributed by atoms with Gasteiger partial charge in [0, 0.05) is 23.4 Å². The topological polar surface area (TPSA) is 82.5 Å². The second kappa shape index (κ2) is 7.34. The lowest BCUT2D eigenvalue weighted by molar-refractivity contribution is -0.116. The highest BCUT2D eigenvalue weighted by Crippen LogP contribution is 2.38. The lowest BCUT2D eigenvalue weighted by Gasteiger charge is -2.14. The molecule has 28 heavy (non-hydrogen) atoms. The highest BCUT2D eigenvalue weighted by molar-refractivity contribution is 5.93. The Balaban J connectivity index is 1.60. The number of para-hydroxylation sites is 1. The van der Waals surface area contributed by atoms with Crippen LogP contribution in [0.2, 0.25) is 0 Å². The molecule has 0 saturated carbocycles. The van der Waals surface area contributed by atoms with Crippen molar-refractivity contribution in [2.45, 2.75) is 32.9 Å². The van der Waals surface area contributed by atoms with Crippen molar-refractivity contribution >= 4 is 22.5 Å². The van der Waals surface area contributed by atoms with Crippen LogP contribution in [0.5, 0.6) is 11.5 Å². The largest absolute Gasteiger partial charge is 0.492 e. The zero-order valence-corrected chi connectivity index (χ0v) is 15.8. The number of nitrogens with one attached hydrogen (secondary N) is 1. The van der Waals surface area contributed by atoms with Crippen LogP contribution in [0.3, 0.4) is 0 Å². The number of fused-ring (bicyclic) bond motifs is 2. The predicted octanol–water partition coefficient (Wildman–Crippen LogP) is 2.76. The lowest BCUT2D eigenvalue weighted by Crippen LogP contribution is -2.22. The molecule has 0 spiro atoms. The molecular formula is C21H21N3O4. The van der Waals surface area contributed by atoms with E-state index in [1.807, 2.05) is 26.0 Å². The molecule has 7 nitrogen and oxygen atoms in total. The van der Waals surface area contributed by atoms with Crippen molar-refractivity contribution in [1.82, 2.24) is 9.78 Å². The highest BCUT2D eigenvalue weighted by Gasteiger charge is 2.22. The molecule has 1 atom stereocenters. The van der Waals surface area contributed by atoms with Gasteiger partial charge in [0.1, 0.15) is 24.1 Å². The first-order valence-corrected chi connectivity index (χ1v) is 9.26. The second-order valence-corrected chi connectivity index (χ2v) is 6.75. The summed E-state index contributed by atoms with van der Waals surface area (Å²) in [5.74, 6) is 1.11. The van der Waals surface area contributed by atoms with Gasteiger partial charge in [-0.25, -0.2) is 0 Å². The minimum atomic E-state index is -0.270. The molecule has 1 aromatic heterocycles. The summed E-state index contributed by atoms with van der Waals surface area (Å²) in [7, 11) is 0. The van der Waals surface area contributed by atoms with Gasteiger partial charge >= 0.3 is 0 Å². The number of aromatic nitrogens is 2. The van der Waals surface area contributed by atoms with Gasteiger partial charge < -0.3 is 14.8 Å². The van der Waals surface area contributed by atoms with Crippen molar-refractivity contribution in [3.8, 4) is 11.5 Å². The summed E-state index contributed by atoms with van der Waals surface area (Å²) in [5, 5.41) is 7.51. The molecule has 1 N–H and O–H groups in total. The number of benzene rings is 2. The van der Waals surface area contributed by atoms with Crippen LogP contribution in [0.25, 0.3) is 10.9 Å². The van der Waals surface area contributed by atoms with Crippen molar-refractivity contribution in [3.63, 3.8) is 0 Å². The molecule has 1 aliphatic rings. The van der Waals surface area contributed by atoms with Crippen molar-refractivity contribution in [2.24, 2.45) is 0 Å². The van der Waals surface area contributed by atoms with Gasteiger partial charge in [0.2, 0.25) is 11.3 Å². The fourth-order valence-electron chi connectivity index (χ4n) is 3.42. The third-order valence-corrected chi connectivity index (χ3v) is 4.63. The molecule has 3 aromatic rings. The summed E-state index contributed by atoms with van der Waals surface area (Å²) in [5.41, 5.74) is 2.07. The van der Waals surface area contributed by atoms with E-state index in [2.05, 4.69) is 10.4 Å². The van der Waals surface area contributed by atoms with Gasteiger partial charge in [-0.3, -0.25) is 14.3 Å². The Bertz CT molecular complexity index is 1110. The van der Waals surface area contributed by atoms with Gasteiger partial charge in [-0.1, -0.05) is 12.1 Å². The third-order valence-electron chi connectivity index (χ3n) is 4.63. The molecule has 0 aliphatic carbocycles. The smallest absolute Gasteiger partial charge is 0.246 e. The average Bonchev–Trinajstić information content (AvgIpc) is 3.03. The van der Waals surface area contributed by atoms with Gasteiger partial charge in [-0.2, -0.15) is 5.10 Å². The van der Waals surface area contributed by atoms with E-state index in [9.17, 15) is 9.59 Å². The highest BCUT2D eigenvalue weighted by atomic mass is 16.5. The zero-order valence-electron chi connectivity index (χ0n) is 15.8. The summed E-state index contributed by atoms with van der Waals surface area (Å²) in [6, 6.07) is 10.8. The summed E-state index contributed by atoms with van der Waals surface area (Å²) in [4.78, 5) is 24.6. The SMILES string of the molecule is CCOc1cc2c(cc1NC(=O)Cn1ncc(=O)c3ccccc31)OC(C)C2. The van der Waals surface area contributed by atoms with Crippen LogP contribution in [-0.2, 0) is 17.8 Å². The number of rotatable bonds is 5. The maximum atomic E-state index is 12.7. The van der Waals surface area contributed by atoms with E-state index in [1.165, 1.54) is 10.9 Å². The van der Waals surface area contributed by atoms with Crippen molar-refractivity contribution in [1.29, 1.82) is 0 Å². The lowest BCUT2D eigenvalue weighted by atomic mass is 10.1. The van der Waals surface area contributed by atoms with Crippen LogP contribution in [0.1, 0.15) is 19.4 Å². The van der Waals surface area contributed by atoms with E-state index in [0.717, 1.165) is 17.7 Å². The molecular weight excluding hydrogens is 358 g/mol. The maximum Gasteiger partial charge on any atom is 0.246 e. The summed E-state index contributed by atoms with van der Waals surface area (Å²) < 4.78 is 13.0. The quantitative estimate of drug-likeness (QED) is 0.737. The molecule has 1 amide bonds. The monoisotopic (exact) mass is 379 g/mol. The number of hydrogen-bond acceptors (Lipinski definition) is 5. The fourth-order valence-corrected chi connectivity index (χ4v) is 3.42. The Hall–Kier alpha value is -3.35. The number of nitrogens with zero attached hydrogens (tertiary/aromatic N) is 2. The van der Waals surface area contributed by atoms with Gasteiger partial charge in [0.15, 0.2) is 0 Å². The van der Waals surface area contributed by atoms with E-state index in [1.54, 1.807) is 24.3 Å². The Morgan fingerprint density at radius 1 is 1.36 bits per heavy atom. The first-order chi connectivity index (χ1) is 13.5. The molecule has 1 aliphatic heterocycles. The van der Waals surface area contributed by atoms with Crippen molar-refractivity contribution in [3.05, 3.63) is 58.4 Å². The van der Waals surface area contributed by atoms with Crippen LogP contribution in [0, 0.1) is 0 Å². The van der Waals surface area contributed by atoms with Gasteiger partial charge in [-0.05, 0) is 32.0 Å². The van der Waals surface area contributed by atoms with Crippen molar-refractivity contribution < 1.29 is 14.3 Å². The first kappa shape index (κ1) is 18.0. The number of carbonyl (C=O) groups excluding carboxylic acids is 1. The predicted molar refractivity (Wildman–Crippen MR) is 106 cm³/mol. The van der Waals surface area contributed by atoms with E-state index >= 15 is 0 Å². The zero-order chi connectivity index (χ0) is 19.7. The molecule has 0 saturated heterocycles. The summed E-state index contributed by atoms with van der Waals surface area (Å²) in [6.07, 6.45) is 2.15. The van der Waals surface area contributed by atoms with E-state index in [0.29, 0.717) is 28.9 Å². The van der Waals surface area contributed by atoms with Crippen molar-refractivity contribution in [2.75, 3.05) is 11.9 Å². The number of amides is 1. The standard InChI is InChI=1S/C21H21N3O4/c1-3-27-20-9-14-8-13(2)28-19(14)10-16(20)23-21(26)12-24-17-7-5-4-6-15(17)18(25)11-22-24/h4-7,9-11,13H,3,8,12H2,1-2H3,(H,23,26). The normalized spacial score (nSPS) is 15.1. The minimum Gasteiger partial charge on any atom is -0.492 e. The Morgan fingerprint density at radius 3 is 3.00 bits per heavy atom. The Kier molecular flexibility index (Phi) is 4.73. The van der Waals surface area contributed by atoms with Gasteiger partial charge in [0.05, 0.1) is 24.0 Å². The van der Waals surface area contributed by atoms with Crippen LogP contribution in [0.4, 0.5) is 5.69 Å². The third kappa shape index (κ3) is 3.43. The van der Waals surface area contributed by atoms with E-state index < -0.39 is 0 Å². The Labute approximate surface area is 161 Å². The maximum absolute atomic E-state index is 12.7. The van der Waals surface area contributed by atoms with Crippen LogP contribution in [0.15, 0.2) is 47.4 Å². The second-order valence-electron chi connectivity index (χ2n) is 6.75.